The maximum atomic E-state index is 12.1. The molecule has 22 heavy (non-hydrogen) atoms. The van der Waals surface area contributed by atoms with Crippen molar-refractivity contribution in [2.45, 2.75) is 6.92 Å². The summed E-state index contributed by atoms with van der Waals surface area (Å²) in [4.78, 5) is 24.6. The molecular weight excluding hydrogens is 302 g/mol. The van der Waals surface area contributed by atoms with Crippen molar-refractivity contribution in [1.82, 2.24) is 19.5 Å². The lowest BCUT2D eigenvalue weighted by Gasteiger charge is -2.06. The summed E-state index contributed by atoms with van der Waals surface area (Å²) in [7, 11) is 0. The summed E-state index contributed by atoms with van der Waals surface area (Å²) in [6, 6.07) is 6.72. The SMILES string of the molecule is Cc1nccn1-c1ncc(NC(=O)c2cccc(Cl)c2)cn1. The van der Waals surface area contributed by atoms with Gasteiger partial charge in [-0.2, -0.15) is 0 Å². The number of carbonyl (C=O) groups excluding carboxylic acids is 1. The van der Waals surface area contributed by atoms with Gasteiger partial charge in [-0.3, -0.25) is 9.36 Å². The third-order valence-electron chi connectivity index (χ3n) is 3.02. The van der Waals surface area contributed by atoms with E-state index in [2.05, 4.69) is 20.3 Å². The molecule has 1 N–H and O–H groups in total. The van der Waals surface area contributed by atoms with Crippen molar-refractivity contribution in [3.05, 3.63) is 65.5 Å². The number of carbonyl (C=O) groups is 1. The minimum atomic E-state index is -0.266. The van der Waals surface area contributed by atoms with Crippen molar-refractivity contribution in [1.29, 1.82) is 0 Å². The highest BCUT2D eigenvalue weighted by atomic mass is 35.5. The fourth-order valence-corrected chi connectivity index (χ4v) is 2.12. The second-order valence-electron chi connectivity index (χ2n) is 4.58. The highest BCUT2D eigenvalue weighted by Gasteiger charge is 2.08. The van der Waals surface area contributed by atoms with Gasteiger partial charge in [-0.25, -0.2) is 15.0 Å². The van der Waals surface area contributed by atoms with Crippen LogP contribution < -0.4 is 5.32 Å². The first-order chi connectivity index (χ1) is 10.6. The second kappa shape index (κ2) is 5.95. The highest BCUT2D eigenvalue weighted by Crippen LogP contribution is 2.13. The third kappa shape index (κ3) is 2.96. The van der Waals surface area contributed by atoms with Gasteiger partial charge in [-0.05, 0) is 25.1 Å². The average molecular weight is 314 g/mol. The van der Waals surface area contributed by atoms with Crippen LogP contribution in [0.25, 0.3) is 5.95 Å². The van der Waals surface area contributed by atoms with E-state index in [9.17, 15) is 4.79 Å². The predicted molar refractivity (Wildman–Crippen MR) is 83.3 cm³/mol. The van der Waals surface area contributed by atoms with Crippen LogP contribution in [-0.2, 0) is 0 Å². The molecule has 0 unspecified atom stereocenters. The Labute approximate surface area is 131 Å². The Bertz CT molecular complexity index is 813. The molecule has 0 atom stereocenters. The van der Waals surface area contributed by atoms with Crippen molar-refractivity contribution in [3.8, 4) is 5.95 Å². The van der Waals surface area contributed by atoms with Crippen LogP contribution >= 0.6 is 11.6 Å². The third-order valence-corrected chi connectivity index (χ3v) is 3.26. The predicted octanol–water partition coefficient (Wildman–Crippen LogP) is 2.88. The van der Waals surface area contributed by atoms with Gasteiger partial charge < -0.3 is 5.32 Å². The summed E-state index contributed by atoms with van der Waals surface area (Å²) in [5.74, 6) is 1.02. The van der Waals surface area contributed by atoms with Crippen LogP contribution in [0.1, 0.15) is 16.2 Å². The van der Waals surface area contributed by atoms with Crippen LogP contribution in [0.5, 0.6) is 0 Å². The fourth-order valence-electron chi connectivity index (χ4n) is 1.93. The minimum absolute atomic E-state index is 0.266. The smallest absolute Gasteiger partial charge is 0.255 e. The Morgan fingerprint density at radius 2 is 2.00 bits per heavy atom. The summed E-state index contributed by atoms with van der Waals surface area (Å²) < 4.78 is 1.75. The molecule has 0 saturated carbocycles. The van der Waals surface area contributed by atoms with Crippen molar-refractivity contribution in [2.75, 3.05) is 5.32 Å². The van der Waals surface area contributed by atoms with Crippen LogP contribution in [-0.4, -0.2) is 25.4 Å². The molecule has 0 aliphatic rings. The molecule has 1 aromatic carbocycles. The Kier molecular flexibility index (Phi) is 3.84. The maximum Gasteiger partial charge on any atom is 0.255 e. The van der Waals surface area contributed by atoms with Crippen LogP contribution in [0.2, 0.25) is 5.02 Å². The van der Waals surface area contributed by atoms with Crippen LogP contribution in [0.4, 0.5) is 5.69 Å². The first kappa shape index (κ1) is 14.2. The molecule has 3 aromatic rings. The molecule has 0 aliphatic carbocycles. The molecule has 3 rings (SSSR count). The Hall–Kier alpha value is -2.73. The molecule has 0 radical (unpaired) electrons. The van der Waals surface area contributed by atoms with Gasteiger partial charge in [0.15, 0.2) is 0 Å². The summed E-state index contributed by atoms with van der Waals surface area (Å²) in [5.41, 5.74) is 0.980. The minimum Gasteiger partial charge on any atom is -0.319 e. The molecular formula is C15H12ClN5O. The first-order valence-corrected chi connectivity index (χ1v) is 6.90. The summed E-state index contributed by atoms with van der Waals surface area (Å²) in [6.45, 7) is 1.86. The number of anilines is 1. The Morgan fingerprint density at radius 3 is 2.64 bits per heavy atom. The number of aromatic nitrogens is 4. The van der Waals surface area contributed by atoms with E-state index in [0.29, 0.717) is 22.2 Å². The monoisotopic (exact) mass is 313 g/mol. The molecule has 6 nitrogen and oxygen atoms in total. The van der Waals surface area contributed by atoms with Gasteiger partial charge in [0.05, 0.1) is 18.1 Å². The zero-order valence-electron chi connectivity index (χ0n) is 11.7. The molecule has 0 spiro atoms. The van der Waals surface area contributed by atoms with Gasteiger partial charge in [0.25, 0.3) is 5.91 Å². The van der Waals surface area contributed by atoms with E-state index in [1.54, 1.807) is 53.6 Å². The van der Waals surface area contributed by atoms with E-state index >= 15 is 0 Å². The quantitative estimate of drug-likeness (QED) is 0.807. The normalized spacial score (nSPS) is 10.5. The van der Waals surface area contributed by atoms with E-state index in [-0.39, 0.29) is 5.91 Å². The number of imidazole rings is 1. The van der Waals surface area contributed by atoms with Crippen LogP contribution in [0.3, 0.4) is 0 Å². The molecule has 2 heterocycles. The zero-order chi connectivity index (χ0) is 15.5. The number of hydrogen-bond acceptors (Lipinski definition) is 4. The number of hydrogen-bond donors (Lipinski definition) is 1. The highest BCUT2D eigenvalue weighted by molar-refractivity contribution is 6.31. The number of benzene rings is 1. The second-order valence-corrected chi connectivity index (χ2v) is 5.02. The number of amides is 1. The van der Waals surface area contributed by atoms with Crippen molar-refractivity contribution in [3.63, 3.8) is 0 Å². The van der Waals surface area contributed by atoms with Gasteiger partial charge in [-0.15, -0.1) is 0 Å². The van der Waals surface area contributed by atoms with Gasteiger partial charge in [0, 0.05) is 23.0 Å². The van der Waals surface area contributed by atoms with Crippen molar-refractivity contribution >= 4 is 23.2 Å². The molecule has 0 aliphatic heterocycles. The first-order valence-electron chi connectivity index (χ1n) is 6.53. The fraction of sp³-hybridized carbons (Fsp3) is 0.0667. The summed E-state index contributed by atoms with van der Waals surface area (Å²) in [5, 5.41) is 3.23. The van der Waals surface area contributed by atoms with E-state index in [1.807, 2.05) is 6.92 Å². The Balaban J connectivity index is 1.76. The van der Waals surface area contributed by atoms with E-state index in [4.69, 9.17) is 11.6 Å². The molecule has 0 bridgehead atoms. The van der Waals surface area contributed by atoms with Gasteiger partial charge in [0.2, 0.25) is 5.95 Å². The largest absolute Gasteiger partial charge is 0.319 e. The van der Waals surface area contributed by atoms with Gasteiger partial charge >= 0.3 is 0 Å². The summed E-state index contributed by atoms with van der Waals surface area (Å²) in [6.07, 6.45) is 6.54. The lowest BCUT2D eigenvalue weighted by molar-refractivity contribution is 0.102. The van der Waals surface area contributed by atoms with E-state index in [0.717, 1.165) is 5.82 Å². The number of rotatable bonds is 3. The van der Waals surface area contributed by atoms with E-state index < -0.39 is 0 Å². The van der Waals surface area contributed by atoms with E-state index in [1.165, 1.54) is 0 Å². The topological polar surface area (TPSA) is 72.7 Å². The number of nitrogens with one attached hydrogen (secondary N) is 1. The zero-order valence-corrected chi connectivity index (χ0v) is 12.4. The average Bonchev–Trinajstić information content (AvgIpc) is 2.94. The van der Waals surface area contributed by atoms with Gasteiger partial charge in [0.1, 0.15) is 5.82 Å². The van der Waals surface area contributed by atoms with Crippen molar-refractivity contribution in [2.24, 2.45) is 0 Å². The molecule has 7 heteroatoms. The number of halogens is 1. The number of aryl methyl sites for hydroxylation is 1. The van der Waals surface area contributed by atoms with Crippen molar-refractivity contribution < 1.29 is 4.79 Å². The number of nitrogens with zero attached hydrogens (tertiary/aromatic N) is 4. The summed E-state index contributed by atoms with van der Waals surface area (Å²) >= 11 is 5.87. The molecule has 2 aromatic heterocycles. The van der Waals surface area contributed by atoms with Crippen LogP contribution in [0, 0.1) is 6.92 Å². The lowest BCUT2D eigenvalue weighted by Crippen LogP contribution is -2.13. The Morgan fingerprint density at radius 1 is 1.23 bits per heavy atom. The molecule has 0 fully saturated rings. The molecule has 1 amide bonds. The lowest BCUT2D eigenvalue weighted by atomic mass is 10.2. The van der Waals surface area contributed by atoms with Gasteiger partial charge in [-0.1, -0.05) is 17.7 Å². The molecule has 110 valence electrons. The van der Waals surface area contributed by atoms with Crippen LogP contribution in [0.15, 0.2) is 49.1 Å². The maximum absolute atomic E-state index is 12.1. The standard InChI is InChI=1S/C15H12ClN5O/c1-10-17-5-6-21(10)15-18-8-13(9-19-15)20-14(22)11-3-2-4-12(16)7-11/h2-9H,1H3,(H,20,22). The molecule has 0 saturated heterocycles.